The molecule has 0 amide bonds. The summed E-state index contributed by atoms with van der Waals surface area (Å²) >= 11 is 14.6. The van der Waals surface area contributed by atoms with Crippen molar-refractivity contribution in [1.29, 1.82) is 0 Å². The highest BCUT2D eigenvalue weighted by molar-refractivity contribution is 7.98. The summed E-state index contributed by atoms with van der Waals surface area (Å²) in [6, 6.07) is 7.71. The molecule has 1 heterocycles. The molecule has 2 nitrogen and oxygen atoms in total. The minimum absolute atomic E-state index is 0.488. The maximum absolute atomic E-state index is 5.79. The van der Waals surface area contributed by atoms with Crippen molar-refractivity contribution in [3.8, 4) is 0 Å². The fraction of sp³-hybridized carbons (Fsp3) is 0.111. The van der Waals surface area contributed by atoms with Gasteiger partial charge < -0.3 is 0 Å². The van der Waals surface area contributed by atoms with Gasteiger partial charge >= 0.3 is 0 Å². The smallest absolute Gasteiger partial charge is 0.141 e. The normalized spacial score (nSPS) is 10.5. The van der Waals surface area contributed by atoms with E-state index in [1.54, 1.807) is 11.8 Å². The van der Waals surface area contributed by atoms with Gasteiger partial charge in [0.25, 0.3) is 0 Å². The standard InChI is InChI=1S/C9H6Cl2N2S2/c10-6-1-3-7(4-2-6)14-5-8-12-13-9(11)15-8/h1-4H,5H2. The summed E-state index contributed by atoms with van der Waals surface area (Å²) in [5.41, 5.74) is 0. The summed E-state index contributed by atoms with van der Waals surface area (Å²) in [7, 11) is 0. The Morgan fingerprint density at radius 2 is 1.87 bits per heavy atom. The van der Waals surface area contributed by atoms with Gasteiger partial charge in [0, 0.05) is 9.92 Å². The molecule has 0 saturated carbocycles. The summed E-state index contributed by atoms with van der Waals surface area (Å²) in [4.78, 5) is 1.16. The van der Waals surface area contributed by atoms with Gasteiger partial charge in [0.1, 0.15) is 5.01 Å². The molecule has 1 aromatic carbocycles. The molecule has 6 heteroatoms. The van der Waals surface area contributed by atoms with Gasteiger partial charge in [-0.3, -0.25) is 0 Å². The zero-order valence-corrected chi connectivity index (χ0v) is 10.6. The second kappa shape index (κ2) is 5.16. The maximum atomic E-state index is 5.79. The Labute approximate surface area is 106 Å². The fourth-order valence-corrected chi connectivity index (χ4v) is 2.84. The highest BCUT2D eigenvalue weighted by Gasteiger charge is 2.02. The van der Waals surface area contributed by atoms with E-state index in [4.69, 9.17) is 23.2 Å². The van der Waals surface area contributed by atoms with E-state index in [-0.39, 0.29) is 0 Å². The van der Waals surface area contributed by atoms with Crippen molar-refractivity contribution in [1.82, 2.24) is 10.2 Å². The number of nitrogens with zero attached hydrogens (tertiary/aromatic N) is 2. The van der Waals surface area contributed by atoms with Gasteiger partial charge in [-0.15, -0.1) is 22.0 Å². The maximum Gasteiger partial charge on any atom is 0.207 e. The molecule has 0 unspecified atom stereocenters. The molecule has 2 rings (SSSR count). The quantitative estimate of drug-likeness (QED) is 0.789. The van der Waals surface area contributed by atoms with Crippen LogP contribution in [-0.2, 0) is 5.75 Å². The molecule has 1 aromatic heterocycles. The molecule has 0 bridgehead atoms. The summed E-state index contributed by atoms with van der Waals surface area (Å²) in [5, 5.41) is 9.36. The second-order valence-electron chi connectivity index (χ2n) is 2.69. The first-order valence-corrected chi connectivity index (χ1v) is 6.66. The first-order valence-electron chi connectivity index (χ1n) is 4.10. The van der Waals surface area contributed by atoms with Crippen LogP contribution in [0.5, 0.6) is 0 Å². The van der Waals surface area contributed by atoms with Gasteiger partial charge in [0.2, 0.25) is 4.47 Å². The van der Waals surface area contributed by atoms with Crippen molar-refractivity contribution in [3.63, 3.8) is 0 Å². The first kappa shape index (κ1) is 11.2. The molecule has 0 aliphatic carbocycles. The molecule has 0 aliphatic heterocycles. The molecule has 0 fully saturated rings. The van der Waals surface area contributed by atoms with E-state index in [9.17, 15) is 0 Å². The Morgan fingerprint density at radius 1 is 1.13 bits per heavy atom. The predicted molar refractivity (Wildman–Crippen MR) is 65.9 cm³/mol. The lowest BCUT2D eigenvalue weighted by atomic mass is 10.4. The SMILES string of the molecule is Clc1ccc(SCc2nnc(Cl)s2)cc1. The van der Waals surface area contributed by atoms with Crippen LogP contribution >= 0.6 is 46.3 Å². The van der Waals surface area contributed by atoms with Gasteiger partial charge in [-0.2, -0.15) is 0 Å². The van der Waals surface area contributed by atoms with Crippen LogP contribution in [0.1, 0.15) is 5.01 Å². The van der Waals surface area contributed by atoms with Gasteiger partial charge in [0.15, 0.2) is 0 Å². The number of thioether (sulfide) groups is 1. The lowest BCUT2D eigenvalue weighted by Gasteiger charge is -1.98. The molecule has 2 aromatic rings. The lowest BCUT2D eigenvalue weighted by molar-refractivity contribution is 1.04. The average molecular weight is 277 g/mol. The van der Waals surface area contributed by atoms with Crippen LogP contribution in [0.4, 0.5) is 0 Å². The average Bonchev–Trinajstić information content (AvgIpc) is 2.64. The topological polar surface area (TPSA) is 25.8 Å². The van der Waals surface area contributed by atoms with Gasteiger partial charge in [-0.05, 0) is 35.9 Å². The van der Waals surface area contributed by atoms with Crippen molar-refractivity contribution < 1.29 is 0 Å². The third kappa shape index (κ3) is 3.34. The molecule has 0 radical (unpaired) electrons. The van der Waals surface area contributed by atoms with E-state index in [0.29, 0.717) is 4.47 Å². The highest BCUT2D eigenvalue weighted by atomic mass is 35.5. The van der Waals surface area contributed by atoms with Crippen LogP contribution < -0.4 is 0 Å². The Balaban J connectivity index is 1.96. The van der Waals surface area contributed by atoms with Gasteiger partial charge in [0.05, 0.1) is 5.75 Å². The second-order valence-corrected chi connectivity index (χ2v) is 5.82. The van der Waals surface area contributed by atoms with Crippen molar-refractivity contribution >= 4 is 46.3 Å². The summed E-state index contributed by atoms with van der Waals surface area (Å²) in [5.74, 6) is 0.784. The fourth-order valence-electron chi connectivity index (χ4n) is 0.967. The largest absolute Gasteiger partial charge is 0.207 e. The van der Waals surface area contributed by atoms with Crippen molar-refractivity contribution in [2.75, 3.05) is 0 Å². The van der Waals surface area contributed by atoms with Crippen molar-refractivity contribution in [3.05, 3.63) is 38.8 Å². The molecule has 0 N–H and O–H groups in total. The van der Waals surface area contributed by atoms with Crippen LogP contribution in [0, 0.1) is 0 Å². The van der Waals surface area contributed by atoms with Crippen LogP contribution in [0.25, 0.3) is 0 Å². The highest BCUT2D eigenvalue weighted by Crippen LogP contribution is 2.26. The first-order chi connectivity index (χ1) is 7.24. The Bertz CT molecular complexity index is 442. The number of hydrogen-bond acceptors (Lipinski definition) is 4. The molecular weight excluding hydrogens is 271 g/mol. The predicted octanol–water partition coefficient (Wildman–Crippen LogP) is 4.14. The summed E-state index contributed by atoms with van der Waals surface area (Å²) in [6.45, 7) is 0. The Morgan fingerprint density at radius 3 is 2.47 bits per heavy atom. The van der Waals surface area contributed by atoms with Gasteiger partial charge in [-0.1, -0.05) is 22.9 Å². The van der Waals surface area contributed by atoms with Crippen LogP contribution in [0.2, 0.25) is 9.49 Å². The van der Waals surface area contributed by atoms with Gasteiger partial charge in [-0.25, -0.2) is 0 Å². The van der Waals surface area contributed by atoms with E-state index >= 15 is 0 Å². The van der Waals surface area contributed by atoms with Crippen LogP contribution in [0.3, 0.4) is 0 Å². The number of rotatable bonds is 3. The summed E-state index contributed by atoms with van der Waals surface area (Å²) in [6.07, 6.45) is 0. The zero-order valence-electron chi connectivity index (χ0n) is 7.48. The minimum atomic E-state index is 0.488. The lowest BCUT2D eigenvalue weighted by Crippen LogP contribution is -1.78. The molecule has 0 saturated heterocycles. The Kier molecular flexibility index (Phi) is 3.86. The van der Waals surface area contributed by atoms with E-state index in [1.165, 1.54) is 11.3 Å². The molecule has 0 spiro atoms. The van der Waals surface area contributed by atoms with Crippen molar-refractivity contribution in [2.45, 2.75) is 10.6 Å². The molecular formula is C9H6Cl2N2S2. The van der Waals surface area contributed by atoms with E-state index < -0.39 is 0 Å². The third-order valence-electron chi connectivity index (χ3n) is 1.62. The summed E-state index contributed by atoms with van der Waals surface area (Å²) < 4.78 is 0.488. The van der Waals surface area contributed by atoms with Crippen molar-refractivity contribution in [2.24, 2.45) is 0 Å². The number of halogens is 2. The molecule has 78 valence electrons. The van der Waals surface area contributed by atoms with Crippen LogP contribution in [-0.4, -0.2) is 10.2 Å². The number of benzene rings is 1. The molecule has 0 aliphatic rings. The van der Waals surface area contributed by atoms with E-state index in [2.05, 4.69) is 10.2 Å². The number of hydrogen-bond donors (Lipinski definition) is 0. The molecule has 15 heavy (non-hydrogen) atoms. The molecule has 0 atom stereocenters. The minimum Gasteiger partial charge on any atom is -0.141 e. The third-order valence-corrected chi connectivity index (χ3v) is 4.09. The Hall–Kier alpha value is -0.290. The van der Waals surface area contributed by atoms with Crippen LogP contribution in [0.15, 0.2) is 29.2 Å². The zero-order chi connectivity index (χ0) is 10.7. The number of aromatic nitrogens is 2. The monoisotopic (exact) mass is 276 g/mol. The van der Waals surface area contributed by atoms with E-state index in [0.717, 1.165) is 20.7 Å². The van der Waals surface area contributed by atoms with E-state index in [1.807, 2.05) is 24.3 Å².